The summed E-state index contributed by atoms with van der Waals surface area (Å²) >= 11 is 5.97. The fourth-order valence-corrected chi connectivity index (χ4v) is 2.03. The highest BCUT2D eigenvalue weighted by molar-refractivity contribution is 6.30. The van der Waals surface area contributed by atoms with E-state index in [9.17, 15) is 0 Å². The molecule has 0 aliphatic heterocycles. The molecule has 0 saturated carbocycles. The van der Waals surface area contributed by atoms with Crippen LogP contribution in [0.2, 0.25) is 5.02 Å². The van der Waals surface area contributed by atoms with Crippen LogP contribution in [-0.2, 0) is 13.1 Å². The van der Waals surface area contributed by atoms with E-state index in [2.05, 4.69) is 22.4 Å². The predicted molar refractivity (Wildman–Crippen MR) is 79.9 cm³/mol. The van der Waals surface area contributed by atoms with Gasteiger partial charge in [-0.05, 0) is 30.7 Å². The van der Waals surface area contributed by atoms with Gasteiger partial charge in [-0.3, -0.25) is 0 Å². The summed E-state index contributed by atoms with van der Waals surface area (Å²) in [5.41, 5.74) is 1.10. The molecule has 0 saturated heterocycles. The predicted octanol–water partition coefficient (Wildman–Crippen LogP) is 2.86. The summed E-state index contributed by atoms with van der Waals surface area (Å²) in [7, 11) is 1.91. The van der Waals surface area contributed by atoms with Crippen molar-refractivity contribution in [1.82, 2.24) is 15.5 Å². The maximum absolute atomic E-state index is 5.97. The molecule has 108 valence electrons. The van der Waals surface area contributed by atoms with Gasteiger partial charge in [-0.1, -0.05) is 35.8 Å². The van der Waals surface area contributed by atoms with Gasteiger partial charge in [0.2, 0.25) is 5.89 Å². The molecule has 0 bridgehead atoms. The van der Waals surface area contributed by atoms with E-state index in [0.717, 1.165) is 23.6 Å². The van der Waals surface area contributed by atoms with Crippen LogP contribution in [0.1, 0.15) is 24.8 Å². The van der Waals surface area contributed by atoms with Gasteiger partial charge in [-0.15, -0.1) is 5.10 Å². The zero-order valence-corrected chi connectivity index (χ0v) is 12.5. The lowest BCUT2D eigenvalue weighted by atomic mass is 10.2. The van der Waals surface area contributed by atoms with E-state index in [-0.39, 0.29) is 0 Å². The molecule has 1 N–H and O–H groups in total. The van der Waals surface area contributed by atoms with E-state index in [1.165, 1.54) is 0 Å². The first-order valence-electron chi connectivity index (χ1n) is 6.67. The molecule has 20 heavy (non-hydrogen) atoms. The minimum atomic E-state index is 0.512. The third-order valence-electron chi connectivity index (χ3n) is 2.79. The van der Waals surface area contributed by atoms with Crippen molar-refractivity contribution in [3.8, 4) is 0 Å². The summed E-state index contributed by atoms with van der Waals surface area (Å²) in [6, 6.07) is 8.24. The smallest absolute Gasteiger partial charge is 0.318 e. The van der Waals surface area contributed by atoms with Crippen molar-refractivity contribution < 1.29 is 4.42 Å². The lowest BCUT2D eigenvalue weighted by molar-refractivity contribution is 0.465. The molecule has 6 heteroatoms. The highest BCUT2D eigenvalue weighted by atomic mass is 35.5. The molecule has 1 aromatic carbocycles. The summed E-state index contributed by atoms with van der Waals surface area (Å²) in [6.07, 6.45) is 1.08. The molecule has 0 aliphatic rings. The van der Waals surface area contributed by atoms with Crippen LogP contribution in [0.15, 0.2) is 28.7 Å². The summed E-state index contributed by atoms with van der Waals surface area (Å²) in [5.74, 6) is 0.603. The number of halogens is 1. The van der Waals surface area contributed by atoms with Crippen LogP contribution in [0, 0.1) is 0 Å². The standard InChI is InChI=1S/C14H19ClN4O/c1-3-7-16-9-13-17-18-14(20-13)19(2)10-11-5-4-6-12(15)8-11/h4-6,8,16H,3,7,9-10H2,1-2H3. The molecule has 0 unspecified atom stereocenters. The van der Waals surface area contributed by atoms with Crippen molar-refractivity contribution in [1.29, 1.82) is 0 Å². The van der Waals surface area contributed by atoms with Crippen molar-refractivity contribution in [3.05, 3.63) is 40.7 Å². The Labute approximate surface area is 123 Å². The Bertz CT molecular complexity index is 543. The van der Waals surface area contributed by atoms with Crippen molar-refractivity contribution in [3.63, 3.8) is 0 Å². The molecule has 1 heterocycles. The minimum Gasteiger partial charge on any atom is -0.407 e. The number of anilines is 1. The number of nitrogens with one attached hydrogen (secondary N) is 1. The second-order valence-corrected chi connectivity index (χ2v) is 5.08. The molecule has 5 nitrogen and oxygen atoms in total. The fourth-order valence-electron chi connectivity index (χ4n) is 1.82. The molecular weight excluding hydrogens is 276 g/mol. The lowest BCUT2D eigenvalue weighted by Gasteiger charge is -2.13. The lowest BCUT2D eigenvalue weighted by Crippen LogP contribution is -2.16. The summed E-state index contributed by atoms with van der Waals surface area (Å²) in [6.45, 7) is 4.33. The third-order valence-corrected chi connectivity index (χ3v) is 3.03. The molecule has 2 aromatic rings. The molecule has 0 fully saturated rings. The number of hydrogen-bond acceptors (Lipinski definition) is 5. The Morgan fingerprint density at radius 1 is 1.35 bits per heavy atom. The van der Waals surface area contributed by atoms with Gasteiger partial charge >= 0.3 is 6.01 Å². The topological polar surface area (TPSA) is 54.2 Å². The summed E-state index contributed by atoms with van der Waals surface area (Å²) in [5, 5.41) is 12.0. The van der Waals surface area contributed by atoms with Crippen molar-refractivity contribution in [2.75, 3.05) is 18.5 Å². The van der Waals surface area contributed by atoms with Gasteiger partial charge in [-0.2, -0.15) is 0 Å². The van der Waals surface area contributed by atoms with Crippen molar-refractivity contribution in [2.24, 2.45) is 0 Å². The van der Waals surface area contributed by atoms with E-state index in [1.54, 1.807) is 0 Å². The first-order valence-corrected chi connectivity index (χ1v) is 7.05. The van der Waals surface area contributed by atoms with E-state index < -0.39 is 0 Å². The Balaban J connectivity index is 1.93. The number of aromatic nitrogens is 2. The molecule has 0 amide bonds. The second-order valence-electron chi connectivity index (χ2n) is 4.64. The van der Waals surface area contributed by atoms with Crippen LogP contribution in [0.5, 0.6) is 0 Å². The number of benzene rings is 1. The third kappa shape index (κ3) is 4.21. The van der Waals surface area contributed by atoms with Crippen molar-refractivity contribution >= 4 is 17.6 Å². The number of rotatable bonds is 7. The summed E-state index contributed by atoms with van der Waals surface area (Å²) < 4.78 is 5.60. The normalized spacial score (nSPS) is 10.8. The van der Waals surface area contributed by atoms with Crippen LogP contribution >= 0.6 is 11.6 Å². The Morgan fingerprint density at radius 3 is 2.95 bits per heavy atom. The van der Waals surface area contributed by atoms with Gasteiger partial charge < -0.3 is 14.6 Å². The van der Waals surface area contributed by atoms with Crippen LogP contribution in [0.3, 0.4) is 0 Å². The maximum Gasteiger partial charge on any atom is 0.318 e. The molecular formula is C14H19ClN4O. The van der Waals surface area contributed by atoms with Crippen molar-refractivity contribution in [2.45, 2.75) is 26.4 Å². The van der Waals surface area contributed by atoms with Gasteiger partial charge in [0.15, 0.2) is 0 Å². The minimum absolute atomic E-state index is 0.512. The highest BCUT2D eigenvalue weighted by Gasteiger charge is 2.11. The van der Waals surface area contributed by atoms with Gasteiger partial charge in [0.05, 0.1) is 6.54 Å². The van der Waals surface area contributed by atoms with Gasteiger partial charge in [0.25, 0.3) is 0 Å². The highest BCUT2D eigenvalue weighted by Crippen LogP contribution is 2.16. The Hall–Kier alpha value is -1.59. The quantitative estimate of drug-likeness (QED) is 0.796. The Morgan fingerprint density at radius 2 is 2.20 bits per heavy atom. The second kappa shape index (κ2) is 7.26. The van der Waals surface area contributed by atoms with E-state index in [4.69, 9.17) is 16.0 Å². The van der Waals surface area contributed by atoms with Crippen LogP contribution in [0.4, 0.5) is 6.01 Å². The molecule has 0 radical (unpaired) electrons. The molecule has 0 atom stereocenters. The van der Waals surface area contributed by atoms with Crippen LogP contribution in [0.25, 0.3) is 0 Å². The maximum atomic E-state index is 5.97. The van der Waals surface area contributed by atoms with E-state index >= 15 is 0 Å². The first kappa shape index (κ1) is 14.8. The number of nitrogens with zero attached hydrogens (tertiary/aromatic N) is 3. The van der Waals surface area contributed by atoms with Crippen LogP contribution in [-0.4, -0.2) is 23.8 Å². The summed E-state index contributed by atoms with van der Waals surface area (Å²) in [4.78, 5) is 1.90. The monoisotopic (exact) mass is 294 g/mol. The average molecular weight is 295 g/mol. The van der Waals surface area contributed by atoms with E-state index in [1.807, 2.05) is 36.2 Å². The molecule has 0 aliphatic carbocycles. The zero-order chi connectivity index (χ0) is 14.4. The van der Waals surface area contributed by atoms with Gasteiger partial charge in [-0.25, -0.2) is 0 Å². The fraction of sp³-hybridized carbons (Fsp3) is 0.429. The zero-order valence-electron chi connectivity index (χ0n) is 11.8. The van der Waals surface area contributed by atoms with E-state index in [0.29, 0.717) is 25.0 Å². The largest absolute Gasteiger partial charge is 0.407 e. The van der Waals surface area contributed by atoms with Crippen LogP contribution < -0.4 is 10.2 Å². The SMILES string of the molecule is CCCNCc1nnc(N(C)Cc2cccc(Cl)c2)o1. The molecule has 0 spiro atoms. The molecule has 2 rings (SSSR count). The van der Waals surface area contributed by atoms with Gasteiger partial charge in [0, 0.05) is 18.6 Å². The Kier molecular flexibility index (Phi) is 5.38. The number of hydrogen-bond donors (Lipinski definition) is 1. The van der Waals surface area contributed by atoms with Gasteiger partial charge in [0.1, 0.15) is 0 Å². The molecule has 1 aromatic heterocycles. The average Bonchev–Trinajstić information content (AvgIpc) is 2.88. The first-order chi connectivity index (χ1) is 9.69.